The van der Waals surface area contributed by atoms with Crippen molar-refractivity contribution in [1.82, 2.24) is 9.88 Å². The maximum Gasteiger partial charge on any atom is 0.312 e. The lowest BCUT2D eigenvalue weighted by atomic mass is 9.74. The molecule has 3 heterocycles. The number of esters is 1. The quantitative estimate of drug-likeness (QED) is 0.479. The maximum absolute atomic E-state index is 15.4. The zero-order chi connectivity index (χ0) is 23.8. The largest absolute Gasteiger partial charge is 0.469 e. The normalized spacial score (nSPS) is 19.7. The van der Waals surface area contributed by atoms with Gasteiger partial charge in [-0.3, -0.25) is 9.69 Å². The first kappa shape index (κ1) is 24.3. The Morgan fingerprint density at radius 2 is 1.94 bits per heavy atom. The first-order valence-electron chi connectivity index (χ1n) is 10.6. The number of carbonyl (C=O) groups is 1. The average Bonchev–Trinajstić information content (AvgIpc) is 2.78. The van der Waals surface area contributed by atoms with Gasteiger partial charge in [-0.15, -0.1) is 0 Å². The molecular formula is C23H24Cl2F2N2O4. The van der Waals surface area contributed by atoms with Crippen LogP contribution in [0, 0.1) is 17.0 Å². The fourth-order valence-corrected chi connectivity index (χ4v) is 4.90. The highest BCUT2D eigenvalue weighted by molar-refractivity contribution is 6.30. The van der Waals surface area contributed by atoms with Crippen LogP contribution in [0.4, 0.5) is 8.78 Å². The number of nitrogens with zero attached hydrogens (tertiary/aromatic N) is 2. The molecule has 178 valence electrons. The van der Waals surface area contributed by atoms with Crippen molar-refractivity contribution < 1.29 is 28.2 Å². The Balaban J connectivity index is 1.55. The molecule has 1 N–H and O–H groups in total. The molecule has 2 aromatic rings. The minimum absolute atomic E-state index is 0.00226. The third-order valence-corrected chi connectivity index (χ3v) is 7.03. The summed E-state index contributed by atoms with van der Waals surface area (Å²) in [6.07, 6.45) is 0.686. The molecule has 0 atom stereocenters. The molecule has 2 aliphatic heterocycles. The summed E-state index contributed by atoms with van der Waals surface area (Å²) in [5, 5.41) is 10.6. The predicted molar refractivity (Wildman–Crippen MR) is 118 cm³/mol. The second kappa shape index (κ2) is 9.43. The van der Waals surface area contributed by atoms with Crippen LogP contribution >= 0.6 is 23.2 Å². The molecule has 2 aliphatic rings. The number of methoxy groups -OCH3 is 1. The van der Waals surface area contributed by atoms with Crippen molar-refractivity contribution in [3.63, 3.8) is 0 Å². The topological polar surface area (TPSA) is 71.9 Å². The lowest BCUT2D eigenvalue weighted by Gasteiger charge is -2.40. The van der Waals surface area contributed by atoms with Crippen molar-refractivity contribution in [1.29, 1.82) is 0 Å². The van der Waals surface area contributed by atoms with Gasteiger partial charge in [0.1, 0.15) is 16.6 Å². The van der Waals surface area contributed by atoms with Gasteiger partial charge in [0.15, 0.2) is 5.82 Å². The van der Waals surface area contributed by atoms with Gasteiger partial charge < -0.3 is 14.6 Å². The smallest absolute Gasteiger partial charge is 0.312 e. The highest BCUT2D eigenvalue weighted by Crippen LogP contribution is 2.40. The number of benzene rings is 1. The van der Waals surface area contributed by atoms with Gasteiger partial charge in [0.2, 0.25) is 0 Å². The molecule has 1 aromatic carbocycles. The van der Waals surface area contributed by atoms with Crippen molar-refractivity contribution in [2.45, 2.75) is 31.4 Å². The van der Waals surface area contributed by atoms with Gasteiger partial charge in [0.05, 0.1) is 36.5 Å². The maximum atomic E-state index is 15.4. The third kappa shape index (κ3) is 4.72. The summed E-state index contributed by atoms with van der Waals surface area (Å²) in [7, 11) is 1.29. The third-order valence-electron chi connectivity index (χ3n) is 6.54. The van der Waals surface area contributed by atoms with E-state index in [0.717, 1.165) is 0 Å². The highest BCUT2D eigenvalue weighted by atomic mass is 35.5. The van der Waals surface area contributed by atoms with E-state index in [0.29, 0.717) is 38.0 Å². The van der Waals surface area contributed by atoms with E-state index in [4.69, 9.17) is 32.7 Å². The van der Waals surface area contributed by atoms with Crippen LogP contribution in [0.1, 0.15) is 29.7 Å². The van der Waals surface area contributed by atoms with E-state index in [1.165, 1.54) is 19.2 Å². The number of ether oxygens (including phenoxy) is 2. The number of halogens is 4. The van der Waals surface area contributed by atoms with E-state index in [-0.39, 0.29) is 41.1 Å². The fourth-order valence-electron chi connectivity index (χ4n) is 4.50. The van der Waals surface area contributed by atoms with E-state index in [2.05, 4.69) is 4.98 Å². The van der Waals surface area contributed by atoms with Gasteiger partial charge in [0.25, 0.3) is 0 Å². The van der Waals surface area contributed by atoms with E-state index in [1.807, 2.05) is 4.90 Å². The molecule has 0 spiro atoms. The number of hydrogen-bond acceptors (Lipinski definition) is 6. The summed E-state index contributed by atoms with van der Waals surface area (Å²) in [4.78, 5) is 19.0. The van der Waals surface area contributed by atoms with Crippen LogP contribution in [-0.2, 0) is 32.8 Å². The van der Waals surface area contributed by atoms with Crippen LogP contribution in [0.25, 0.3) is 0 Å². The molecular weight excluding hydrogens is 477 g/mol. The Hall–Kier alpha value is -1.84. The summed E-state index contributed by atoms with van der Waals surface area (Å²) in [5.41, 5.74) is -2.01. The Morgan fingerprint density at radius 1 is 1.24 bits per heavy atom. The minimum Gasteiger partial charge on any atom is -0.469 e. The van der Waals surface area contributed by atoms with E-state index in [1.54, 1.807) is 12.1 Å². The lowest BCUT2D eigenvalue weighted by Crippen LogP contribution is -2.48. The number of carbonyl (C=O) groups excluding carboxylic acids is 1. The molecule has 0 amide bonds. The van der Waals surface area contributed by atoms with Gasteiger partial charge in [-0.25, -0.2) is 13.8 Å². The Kier molecular flexibility index (Phi) is 6.94. The molecule has 0 aliphatic carbocycles. The van der Waals surface area contributed by atoms with Crippen molar-refractivity contribution in [2.24, 2.45) is 5.41 Å². The number of rotatable bonds is 6. The Morgan fingerprint density at radius 3 is 2.55 bits per heavy atom. The second-order valence-electron chi connectivity index (χ2n) is 8.72. The summed E-state index contributed by atoms with van der Waals surface area (Å²) in [6.45, 7) is 1.19. The summed E-state index contributed by atoms with van der Waals surface area (Å²) >= 11 is 12.0. The summed E-state index contributed by atoms with van der Waals surface area (Å²) in [5.74, 6) is -1.62. The molecule has 2 fully saturated rings. The molecule has 1 aromatic heterocycles. The monoisotopic (exact) mass is 500 g/mol. The van der Waals surface area contributed by atoms with Crippen LogP contribution in [0.5, 0.6) is 0 Å². The van der Waals surface area contributed by atoms with Crippen molar-refractivity contribution in [3.8, 4) is 0 Å². The van der Waals surface area contributed by atoms with E-state index < -0.39 is 28.6 Å². The number of aliphatic hydroxyl groups is 1. The van der Waals surface area contributed by atoms with Gasteiger partial charge in [0, 0.05) is 24.1 Å². The van der Waals surface area contributed by atoms with E-state index >= 15 is 4.39 Å². The van der Waals surface area contributed by atoms with Crippen LogP contribution in [0.2, 0.25) is 10.2 Å². The number of aromatic nitrogens is 1. The molecule has 0 unspecified atom stereocenters. The molecule has 33 heavy (non-hydrogen) atoms. The fraction of sp³-hybridized carbons (Fsp3) is 0.478. The standard InChI is InChI=1S/C23H24Cl2F2N2O4/c1-32-21(30)22(5-7-29(8-6-22)11-14-3-2-4-16(24)19(14)26)10-17-20(27)15(9-18(25)28-17)23(31)12-33-13-23/h2-4,9,31H,5-8,10-13H2,1H3. The van der Waals surface area contributed by atoms with Crippen LogP contribution in [0.15, 0.2) is 24.3 Å². The zero-order valence-electron chi connectivity index (χ0n) is 18.0. The molecule has 2 saturated heterocycles. The second-order valence-corrected chi connectivity index (χ2v) is 9.51. The molecule has 0 bridgehead atoms. The zero-order valence-corrected chi connectivity index (χ0v) is 19.6. The lowest BCUT2D eigenvalue weighted by molar-refractivity contribution is -0.186. The molecule has 0 saturated carbocycles. The number of hydrogen-bond donors (Lipinski definition) is 1. The van der Waals surface area contributed by atoms with Gasteiger partial charge in [-0.1, -0.05) is 35.3 Å². The first-order chi connectivity index (χ1) is 15.7. The molecule has 0 radical (unpaired) electrons. The predicted octanol–water partition coefficient (Wildman–Crippen LogP) is 3.88. The highest BCUT2D eigenvalue weighted by Gasteiger charge is 2.46. The van der Waals surface area contributed by atoms with Crippen LogP contribution in [-0.4, -0.2) is 54.4 Å². The van der Waals surface area contributed by atoms with Crippen LogP contribution in [0.3, 0.4) is 0 Å². The SMILES string of the molecule is COC(=O)C1(Cc2nc(Cl)cc(C3(O)COC3)c2F)CCN(Cc2cccc(Cl)c2F)CC1. The van der Waals surface area contributed by atoms with Gasteiger partial charge in [-0.2, -0.15) is 0 Å². The Labute approximate surface area is 200 Å². The molecule has 10 heteroatoms. The number of piperidine rings is 1. The van der Waals surface area contributed by atoms with Gasteiger partial charge >= 0.3 is 5.97 Å². The van der Waals surface area contributed by atoms with E-state index in [9.17, 15) is 14.3 Å². The number of pyridine rings is 1. The average molecular weight is 501 g/mol. The van der Waals surface area contributed by atoms with Crippen molar-refractivity contribution >= 4 is 29.2 Å². The molecule has 6 nitrogen and oxygen atoms in total. The summed E-state index contributed by atoms with van der Waals surface area (Å²) < 4.78 is 39.8. The van der Waals surface area contributed by atoms with Gasteiger partial charge in [-0.05, 0) is 38.1 Å². The Bertz CT molecular complexity index is 1060. The van der Waals surface area contributed by atoms with Crippen molar-refractivity contribution in [2.75, 3.05) is 33.4 Å². The minimum atomic E-state index is -1.46. The van der Waals surface area contributed by atoms with Crippen LogP contribution < -0.4 is 0 Å². The number of likely N-dealkylation sites (tertiary alicyclic amines) is 1. The molecule has 4 rings (SSSR count). The summed E-state index contributed by atoms with van der Waals surface area (Å²) in [6, 6.07) is 6.14. The first-order valence-corrected chi connectivity index (χ1v) is 11.3. The van der Waals surface area contributed by atoms with Crippen molar-refractivity contribution in [3.05, 3.63) is 62.9 Å².